The first-order valence-corrected chi connectivity index (χ1v) is 7.92. The van der Waals surface area contributed by atoms with Crippen LogP contribution >= 0.6 is 43.2 Å². The predicted molar refractivity (Wildman–Crippen MR) is 75.9 cm³/mol. The zero-order valence-electron chi connectivity index (χ0n) is 9.17. The van der Waals surface area contributed by atoms with E-state index in [1.807, 2.05) is 11.3 Å². The molecule has 15 heavy (non-hydrogen) atoms. The Labute approximate surface area is 113 Å². The molecule has 1 nitrogen and oxygen atoms in total. The molecule has 0 saturated carbocycles. The fraction of sp³-hybridized carbons (Fsp3) is 0.636. The summed E-state index contributed by atoms with van der Waals surface area (Å²) in [5.41, 5.74) is 0. The minimum Gasteiger partial charge on any atom is -0.301 e. The SMILES string of the molecule is CCC(CBr)CN(C)Cc1cc(Br)cs1. The summed E-state index contributed by atoms with van der Waals surface area (Å²) in [6, 6.07) is 2.20. The lowest BCUT2D eigenvalue weighted by atomic mass is 10.1. The second kappa shape index (κ2) is 7.05. The average Bonchev–Trinajstić information content (AvgIpc) is 2.60. The van der Waals surface area contributed by atoms with Crippen LogP contribution in [0.4, 0.5) is 0 Å². The summed E-state index contributed by atoms with van der Waals surface area (Å²) in [6.07, 6.45) is 1.24. The highest BCUT2D eigenvalue weighted by Crippen LogP contribution is 2.21. The second-order valence-corrected chi connectivity index (χ2v) is 6.42. The van der Waals surface area contributed by atoms with Gasteiger partial charge >= 0.3 is 0 Å². The van der Waals surface area contributed by atoms with E-state index in [9.17, 15) is 0 Å². The van der Waals surface area contributed by atoms with E-state index in [-0.39, 0.29) is 0 Å². The van der Waals surface area contributed by atoms with Gasteiger partial charge in [0.1, 0.15) is 0 Å². The van der Waals surface area contributed by atoms with Crippen LogP contribution in [0.5, 0.6) is 0 Å². The molecule has 0 N–H and O–H groups in total. The summed E-state index contributed by atoms with van der Waals surface area (Å²) >= 11 is 8.87. The molecule has 4 heteroatoms. The molecule has 0 bridgehead atoms. The quantitative estimate of drug-likeness (QED) is 0.686. The number of thiophene rings is 1. The van der Waals surface area contributed by atoms with Crippen molar-refractivity contribution in [3.63, 3.8) is 0 Å². The lowest BCUT2D eigenvalue weighted by Crippen LogP contribution is -2.25. The van der Waals surface area contributed by atoms with Crippen molar-refractivity contribution < 1.29 is 0 Å². The van der Waals surface area contributed by atoms with E-state index in [0.717, 1.165) is 24.3 Å². The summed E-state index contributed by atoms with van der Waals surface area (Å²) in [6.45, 7) is 4.47. The number of hydrogen-bond acceptors (Lipinski definition) is 2. The Kier molecular flexibility index (Phi) is 6.43. The van der Waals surface area contributed by atoms with Crippen molar-refractivity contribution in [3.8, 4) is 0 Å². The maximum atomic E-state index is 3.56. The predicted octanol–water partition coefficient (Wildman–Crippen LogP) is 4.36. The Morgan fingerprint density at radius 3 is 2.73 bits per heavy atom. The maximum absolute atomic E-state index is 3.56. The van der Waals surface area contributed by atoms with Gasteiger partial charge in [0.2, 0.25) is 0 Å². The molecule has 0 aromatic carbocycles. The molecule has 0 aliphatic carbocycles. The van der Waals surface area contributed by atoms with Crippen molar-refractivity contribution in [3.05, 3.63) is 20.8 Å². The molecular formula is C11H17Br2NS. The van der Waals surface area contributed by atoms with Crippen molar-refractivity contribution in [2.75, 3.05) is 18.9 Å². The average molecular weight is 355 g/mol. The summed E-state index contributed by atoms with van der Waals surface area (Å²) in [5.74, 6) is 0.762. The van der Waals surface area contributed by atoms with Crippen molar-refractivity contribution in [1.29, 1.82) is 0 Å². The maximum Gasteiger partial charge on any atom is 0.0325 e. The highest BCUT2D eigenvalue weighted by atomic mass is 79.9. The molecule has 1 unspecified atom stereocenters. The second-order valence-electron chi connectivity index (χ2n) is 3.86. The molecule has 0 spiro atoms. The van der Waals surface area contributed by atoms with Gasteiger partial charge in [0.05, 0.1) is 0 Å². The van der Waals surface area contributed by atoms with Crippen molar-refractivity contribution in [2.45, 2.75) is 19.9 Å². The summed E-state index contributed by atoms with van der Waals surface area (Å²) in [4.78, 5) is 3.82. The molecule has 0 aliphatic rings. The third kappa shape index (κ3) is 4.98. The van der Waals surface area contributed by atoms with Gasteiger partial charge in [0, 0.05) is 33.1 Å². The Hall–Kier alpha value is 0.620. The van der Waals surface area contributed by atoms with E-state index in [4.69, 9.17) is 0 Å². The monoisotopic (exact) mass is 353 g/mol. The van der Waals surface area contributed by atoms with E-state index in [0.29, 0.717) is 0 Å². The lowest BCUT2D eigenvalue weighted by molar-refractivity contribution is 0.280. The Bertz CT molecular complexity index is 284. The van der Waals surface area contributed by atoms with E-state index in [1.165, 1.54) is 15.8 Å². The Morgan fingerprint density at radius 1 is 1.53 bits per heavy atom. The number of rotatable bonds is 6. The molecule has 1 aromatic rings. The largest absolute Gasteiger partial charge is 0.301 e. The molecule has 0 radical (unpaired) electrons. The molecular weight excluding hydrogens is 338 g/mol. The van der Waals surface area contributed by atoms with Crippen LogP contribution in [-0.2, 0) is 6.54 Å². The molecule has 1 heterocycles. The van der Waals surface area contributed by atoms with Crippen LogP contribution in [0, 0.1) is 5.92 Å². The van der Waals surface area contributed by atoms with E-state index < -0.39 is 0 Å². The van der Waals surface area contributed by atoms with Gasteiger partial charge in [-0.2, -0.15) is 0 Å². The smallest absolute Gasteiger partial charge is 0.0325 e. The molecule has 1 rings (SSSR count). The molecule has 0 saturated heterocycles. The molecule has 0 fully saturated rings. The van der Waals surface area contributed by atoms with Crippen LogP contribution < -0.4 is 0 Å². The van der Waals surface area contributed by atoms with Gasteiger partial charge in [-0.15, -0.1) is 11.3 Å². The zero-order chi connectivity index (χ0) is 11.3. The van der Waals surface area contributed by atoms with Gasteiger partial charge in [-0.05, 0) is 35.0 Å². The van der Waals surface area contributed by atoms with Crippen LogP contribution in [0.1, 0.15) is 18.2 Å². The normalized spacial score (nSPS) is 13.4. The van der Waals surface area contributed by atoms with Crippen molar-refractivity contribution in [2.24, 2.45) is 5.92 Å². The van der Waals surface area contributed by atoms with Crippen LogP contribution in [0.15, 0.2) is 15.9 Å². The minimum absolute atomic E-state index is 0.762. The van der Waals surface area contributed by atoms with Gasteiger partial charge in [0.25, 0.3) is 0 Å². The topological polar surface area (TPSA) is 3.24 Å². The molecule has 1 aromatic heterocycles. The number of halogens is 2. The first-order valence-electron chi connectivity index (χ1n) is 5.13. The van der Waals surface area contributed by atoms with Gasteiger partial charge in [-0.1, -0.05) is 29.3 Å². The molecule has 0 amide bonds. The molecule has 1 atom stereocenters. The van der Waals surface area contributed by atoms with E-state index in [1.54, 1.807) is 0 Å². The standard InChI is InChI=1S/C11H17Br2NS/c1-3-9(5-12)6-14(2)7-11-4-10(13)8-15-11/h4,8-9H,3,5-7H2,1-2H3. The van der Waals surface area contributed by atoms with Gasteiger partial charge in [-0.3, -0.25) is 0 Å². The van der Waals surface area contributed by atoms with Crippen molar-refractivity contribution >= 4 is 43.2 Å². The molecule has 0 aliphatic heterocycles. The Morgan fingerprint density at radius 2 is 2.27 bits per heavy atom. The highest BCUT2D eigenvalue weighted by molar-refractivity contribution is 9.10. The zero-order valence-corrected chi connectivity index (χ0v) is 13.2. The van der Waals surface area contributed by atoms with E-state index >= 15 is 0 Å². The first kappa shape index (κ1) is 13.7. The number of nitrogens with zero attached hydrogens (tertiary/aromatic N) is 1. The number of alkyl halides is 1. The van der Waals surface area contributed by atoms with Gasteiger partial charge < -0.3 is 4.90 Å². The number of hydrogen-bond donors (Lipinski definition) is 0. The van der Waals surface area contributed by atoms with Crippen LogP contribution in [0.25, 0.3) is 0 Å². The Balaban J connectivity index is 2.38. The fourth-order valence-electron chi connectivity index (χ4n) is 1.50. The van der Waals surface area contributed by atoms with Gasteiger partial charge in [-0.25, -0.2) is 0 Å². The van der Waals surface area contributed by atoms with Gasteiger partial charge in [0.15, 0.2) is 0 Å². The third-order valence-corrected chi connectivity index (χ3v) is 5.01. The first-order chi connectivity index (χ1) is 7.15. The van der Waals surface area contributed by atoms with Crippen LogP contribution in [0.3, 0.4) is 0 Å². The fourth-order valence-corrected chi connectivity index (χ4v) is 3.69. The minimum atomic E-state index is 0.762. The van der Waals surface area contributed by atoms with E-state index in [2.05, 4.69) is 62.2 Å². The van der Waals surface area contributed by atoms with Crippen LogP contribution in [-0.4, -0.2) is 23.8 Å². The summed E-state index contributed by atoms with van der Waals surface area (Å²) < 4.78 is 1.20. The lowest BCUT2D eigenvalue weighted by Gasteiger charge is -2.20. The summed E-state index contributed by atoms with van der Waals surface area (Å²) in [7, 11) is 2.19. The third-order valence-electron chi connectivity index (χ3n) is 2.41. The summed E-state index contributed by atoms with van der Waals surface area (Å²) in [5, 5.41) is 3.24. The highest BCUT2D eigenvalue weighted by Gasteiger charge is 2.09. The molecule has 86 valence electrons. The van der Waals surface area contributed by atoms with Crippen molar-refractivity contribution in [1.82, 2.24) is 4.90 Å². The van der Waals surface area contributed by atoms with Crippen LogP contribution in [0.2, 0.25) is 0 Å².